The Kier molecular flexibility index (Phi) is 1.50. The molecule has 0 aliphatic heterocycles. The highest BCUT2D eigenvalue weighted by Crippen LogP contribution is 2.33. The highest BCUT2D eigenvalue weighted by atomic mass is 16.3. The van der Waals surface area contributed by atoms with Crippen LogP contribution in [-0.4, -0.2) is 17.9 Å². The summed E-state index contributed by atoms with van der Waals surface area (Å²) in [6.45, 7) is 0. The van der Waals surface area contributed by atoms with Crippen LogP contribution >= 0.6 is 0 Å². The SMILES string of the molecule is OC1([B]c2ccccc2)CC1. The van der Waals surface area contributed by atoms with Crippen molar-refractivity contribution in [3.05, 3.63) is 30.3 Å². The lowest BCUT2D eigenvalue weighted by Crippen LogP contribution is -2.29. The Balaban J connectivity index is 2.07. The summed E-state index contributed by atoms with van der Waals surface area (Å²) >= 11 is 0. The number of rotatable bonds is 2. The molecule has 0 amide bonds. The number of hydrogen-bond acceptors (Lipinski definition) is 1. The van der Waals surface area contributed by atoms with E-state index in [-0.39, 0.29) is 0 Å². The molecule has 0 heterocycles. The Morgan fingerprint density at radius 1 is 1.18 bits per heavy atom. The van der Waals surface area contributed by atoms with Gasteiger partial charge in [0, 0.05) is 5.50 Å². The van der Waals surface area contributed by atoms with E-state index >= 15 is 0 Å². The summed E-state index contributed by atoms with van der Waals surface area (Å²) in [5, 5.41) is 9.53. The van der Waals surface area contributed by atoms with Gasteiger partial charge in [0.2, 0.25) is 0 Å². The summed E-state index contributed by atoms with van der Waals surface area (Å²) in [6, 6.07) is 9.97. The van der Waals surface area contributed by atoms with E-state index in [1.54, 1.807) is 0 Å². The van der Waals surface area contributed by atoms with Crippen LogP contribution in [0.5, 0.6) is 0 Å². The van der Waals surface area contributed by atoms with Crippen LogP contribution in [0, 0.1) is 0 Å². The standard InChI is InChI=1S/C9H10BO/c11-9(6-7-9)10-8-4-2-1-3-5-8/h1-5,11H,6-7H2. The number of aliphatic hydroxyl groups is 1. The summed E-state index contributed by atoms with van der Waals surface area (Å²) in [5.41, 5.74) is 0.647. The van der Waals surface area contributed by atoms with Crippen molar-refractivity contribution in [1.29, 1.82) is 0 Å². The predicted molar refractivity (Wildman–Crippen MR) is 46.0 cm³/mol. The first kappa shape index (κ1) is 6.92. The zero-order chi connectivity index (χ0) is 7.73. The van der Waals surface area contributed by atoms with Gasteiger partial charge in [-0.1, -0.05) is 35.8 Å². The van der Waals surface area contributed by atoms with Gasteiger partial charge >= 0.3 is 0 Å². The third kappa shape index (κ3) is 1.63. The van der Waals surface area contributed by atoms with E-state index in [2.05, 4.69) is 0 Å². The van der Waals surface area contributed by atoms with Gasteiger partial charge < -0.3 is 5.11 Å². The fourth-order valence-electron chi connectivity index (χ4n) is 1.13. The second-order valence-electron chi connectivity index (χ2n) is 3.16. The molecule has 0 bridgehead atoms. The molecule has 55 valence electrons. The lowest BCUT2D eigenvalue weighted by atomic mass is 9.62. The lowest BCUT2D eigenvalue weighted by molar-refractivity contribution is 0.234. The minimum atomic E-state index is -0.471. The predicted octanol–water partition coefficient (Wildman–Crippen LogP) is 0.498. The van der Waals surface area contributed by atoms with E-state index in [0.717, 1.165) is 18.3 Å². The summed E-state index contributed by atoms with van der Waals surface area (Å²) < 4.78 is 0. The molecule has 2 heteroatoms. The van der Waals surface area contributed by atoms with Gasteiger partial charge in [-0.05, 0) is 12.8 Å². The minimum absolute atomic E-state index is 0.471. The van der Waals surface area contributed by atoms with Crippen LogP contribution in [0.3, 0.4) is 0 Å². The molecule has 1 nitrogen and oxygen atoms in total. The summed E-state index contributed by atoms with van der Waals surface area (Å²) in [7, 11) is 1.94. The van der Waals surface area contributed by atoms with Gasteiger partial charge in [0.25, 0.3) is 0 Å². The van der Waals surface area contributed by atoms with Crippen LogP contribution in [0.2, 0.25) is 0 Å². The maximum absolute atomic E-state index is 9.53. The van der Waals surface area contributed by atoms with Crippen molar-refractivity contribution >= 4 is 12.7 Å². The molecular formula is C9H10BO. The quantitative estimate of drug-likeness (QED) is 0.600. The van der Waals surface area contributed by atoms with Crippen LogP contribution in [0.4, 0.5) is 0 Å². The van der Waals surface area contributed by atoms with Crippen LogP contribution in [0.1, 0.15) is 12.8 Å². The summed E-state index contributed by atoms with van der Waals surface area (Å²) in [5.74, 6) is 0. The van der Waals surface area contributed by atoms with Crippen molar-refractivity contribution in [3.63, 3.8) is 0 Å². The van der Waals surface area contributed by atoms with E-state index < -0.39 is 5.50 Å². The minimum Gasteiger partial charge on any atom is -0.399 e. The Morgan fingerprint density at radius 2 is 1.82 bits per heavy atom. The zero-order valence-corrected chi connectivity index (χ0v) is 6.33. The number of benzene rings is 1. The normalized spacial score (nSPS) is 19.4. The maximum Gasteiger partial charge on any atom is 0.193 e. The average Bonchev–Trinajstić information content (AvgIpc) is 2.70. The van der Waals surface area contributed by atoms with Gasteiger partial charge in [-0.2, -0.15) is 0 Å². The Hall–Kier alpha value is -0.755. The van der Waals surface area contributed by atoms with Crippen molar-refractivity contribution < 1.29 is 5.11 Å². The van der Waals surface area contributed by atoms with E-state index in [0.29, 0.717) is 0 Å². The monoisotopic (exact) mass is 145 g/mol. The molecule has 11 heavy (non-hydrogen) atoms. The molecule has 2 rings (SSSR count). The molecule has 1 radical (unpaired) electrons. The van der Waals surface area contributed by atoms with Crippen molar-refractivity contribution in [2.75, 3.05) is 0 Å². The second kappa shape index (κ2) is 2.38. The van der Waals surface area contributed by atoms with Crippen LogP contribution in [0.25, 0.3) is 0 Å². The summed E-state index contributed by atoms with van der Waals surface area (Å²) in [6.07, 6.45) is 1.84. The molecule has 1 saturated carbocycles. The van der Waals surface area contributed by atoms with Crippen molar-refractivity contribution in [2.45, 2.75) is 18.3 Å². The van der Waals surface area contributed by atoms with Gasteiger partial charge in [0.05, 0.1) is 0 Å². The number of hydrogen-bond donors (Lipinski definition) is 1. The Bertz CT molecular complexity index is 241. The molecule has 0 atom stereocenters. The zero-order valence-electron chi connectivity index (χ0n) is 6.33. The van der Waals surface area contributed by atoms with Gasteiger partial charge in [-0.25, -0.2) is 0 Å². The first-order valence-electron chi connectivity index (χ1n) is 3.92. The topological polar surface area (TPSA) is 20.2 Å². The third-order valence-electron chi connectivity index (χ3n) is 2.00. The Labute approximate surface area is 67.3 Å². The van der Waals surface area contributed by atoms with E-state index in [4.69, 9.17) is 0 Å². The van der Waals surface area contributed by atoms with E-state index in [1.807, 2.05) is 37.6 Å². The molecule has 1 aromatic rings. The van der Waals surface area contributed by atoms with Crippen molar-refractivity contribution in [1.82, 2.24) is 0 Å². The van der Waals surface area contributed by atoms with E-state index in [1.165, 1.54) is 0 Å². The second-order valence-corrected chi connectivity index (χ2v) is 3.16. The molecule has 0 spiro atoms. The molecule has 1 aliphatic rings. The fourth-order valence-corrected chi connectivity index (χ4v) is 1.13. The highest BCUT2D eigenvalue weighted by molar-refractivity contribution is 6.57. The van der Waals surface area contributed by atoms with Crippen LogP contribution in [0.15, 0.2) is 30.3 Å². The van der Waals surface area contributed by atoms with Crippen molar-refractivity contribution in [2.24, 2.45) is 0 Å². The van der Waals surface area contributed by atoms with Gasteiger partial charge in [-0.3, -0.25) is 0 Å². The molecule has 1 aromatic carbocycles. The van der Waals surface area contributed by atoms with Crippen LogP contribution in [-0.2, 0) is 0 Å². The Morgan fingerprint density at radius 3 is 2.36 bits per heavy atom. The molecule has 0 aromatic heterocycles. The molecule has 0 saturated heterocycles. The summed E-state index contributed by atoms with van der Waals surface area (Å²) in [4.78, 5) is 0. The lowest BCUT2D eigenvalue weighted by Gasteiger charge is -2.03. The first-order valence-corrected chi connectivity index (χ1v) is 3.92. The molecule has 1 fully saturated rings. The van der Waals surface area contributed by atoms with Crippen molar-refractivity contribution in [3.8, 4) is 0 Å². The molecule has 1 N–H and O–H groups in total. The maximum atomic E-state index is 9.53. The largest absolute Gasteiger partial charge is 0.399 e. The first-order chi connectivity index (χ1) is 5.29. The fraction of sp³-hybridized carbons (Fsp3) is 0.333. The highest BCUT2D eigenvalue weighted by Gasteiger charge is 2.40. The smallest absolute Gasteiger partial charge is 0.193 e. The molecular weight excluding hydrogens is 135 g/mol. The van der Waals surface area contributed by atoms with E-state index in [9.17, 15) is 5.11 Å². The van der Waals surface area contributed by atoms with Crippen LogP contribution < -0.4 is 5.46 Å². The van der Waals surface area contributed by atoms with Gasteiger partial charge in [-0.15, -0.1) is 0 Å². The average molecular weight is 145 g/mol. The van der Waals surface area contributed by atoms with Gasteiger partial charge in [0.1, 0.15) is 0 Å². The third-order valence-corrected chi connectivity index (χ3v) is 2.00. The molecule has 0 unspecified atom stereocenters. The van der Waals surface area contributed by atoms with Gasteiger partial charge in [0.15, 0.2) is 7.28 Å². The molecule has 1 aliphatic carbocycles.